The lowest BCUT2D eigenvalue weighted by atomic mass is 10.1. The van der Waals surface area contributed by atoms with Gasteiger partial charge in [0.1, 0.15) is 11.8 Å². The molecule has 1 aliphatic heterocycles. The molecule has 1 saturated heterocycles. The lowest BCUT2D eigenvalue weighted by molar-refractivity contribution is -0.135. The van der Waals surface area contributed by atoms with Crippen LogP contribution in [0.4, 0.5) is 0 Å². The van der Waals surface area contributed by atoms with E-state index in [1.54, 1.807) is 11.2 Å². The lowest BCUT2D eigenvalue weighted by Crippen LogP contribution is -2.47. The van der Waals surface area contributed by atoms with Crippen LogP contribution in [0.5, 0.6) is 0 Å². The Bertz CT molecular complexity index is 442. The van der Waals surface area contributed by atoms with Crippen LogP contribution in [0.2, 0.25) is 0 Å². The fourth-order valence-electron chi connectivity index (χ4n) is 2.40. The van der Waals surface area contributed by atoms with Gasteiger partial charge in [-0.05, 0) is 25.5 Å². The van der Waals surface area contributed by atoms with Gasteiger partial charge >= 0.3 is 0 Å². The topological polar surface area (TPSA) is 62.6 Å². The van der Waals surface area contributed by atoms with Crippen molar-refractivity contribution in [1.82, 2.24) is 10.2 Å². The molecule has 1 aromatic heterocycles. The molecule has 5 heteroatoms. The third kappa shape index (κ3) is 3.16. The summed E-state index contributed by atoms with van der Waals surface area (Å²) in [5.41, 5.74) is 0. The van der Waals surface area contributed by atoms with Crippen molar-refractivity contribution >= 4 is 11.8 Å². The van der Waals surface area contributed by atoms with Crippen LogP contribution in [0.25, 0.3) is 0 Å². The summed E-state index contributed by atoms with van der Waals surface area (Å²) in [5.74, 6) is 0.817. The molecule has 2 heterocycles. The minimum absolute atomic E-state index is 0.00686. The summed E-state index contributed by atoms with van der Waals surface area (Å²) in [4.78, 5) is 25.7. The average molecular weight is 264 g/mol. The molecule has 2 atom stereocenters. The van der Waals surface area contributed by atoms with Crippen LogP contribution in [0, 0.1) is 0 Å². The molecule has 0 saturated carbocycles. The molecule has 1 N–H and O–H groups in total. The standard InChI is InChI=1S/C14H20N2O3/c1-3-12-14(18)16(7-6-13(17)15-12)10(2)9-11-5-4-8-19-11/h4-5,8,10,12H,3,6-7,9H2,1-2H3,(H,15,17). The highest BCUT2D eigenvalue weighted by atomic mass is 16.3. The first-order valence-corrected chi connectivity index (χ1v) is 6.74. The number of nitrogens with zero attached hydrogens (tertiary/aromatic N) is 1. The van der Waals surface area contributed by atoms with Gasteiger partial charge in [-0.2, -0.15) is 0 Å². The van der Waals surface area contributed by atoms with Crippen LogP contribution in [0.3, 0.4) is 0 Å². The van der Waals surface area contributed by atoms with Gasteiger partial charge in [0.25, 0.3) is 0 Å². The molecule has 2 amide bonds. The number of furan rings is 1. The number of rotatable bonds is 4. The van der Waals surface area contributed by atoms with Crippen LogP contribution in [-0.2, 0) is 16.0 Å². The van der Waals surface area contributed by atoms with Crippen molar-refractivity contribution in [1.29, 1.82) is 0 Å². The molecule has 104 valence electrons. The smallest absolute Gasteiger partial charge is 0.245 e. The van der Waals surface area contributed by atoms with Gasteiger partial charge in [0.2, 0.25) is 11.8 Å². The molecule has 2 rings (SSSR count). The Kier molecular flexibility index (Phi) is 4.24. The largest absolute Gasteiger partial charge is 0.469 e. The summed E-state index contributed by atoms with van der Waals surface area (Å²) in [6.45, 7) is 4.37. The Morgan fingerprint density at radius 1 is 1.53 bits per heavy atom. The summed E-state index contributed by atoms with van der Waals surface area (Å²) in [5, 5.41) is 2.77. The average Bonchev–Trinajstić information content (AvgIpc) is 2.83. The maximum absolute atomic E-state index is 12.4. The van der Waals surface area contributed by atoms with E-state index in [9.17, 15) is 9.59 Å². The Balaban J connectivity index is 2.08. The Morgan fingerprint density at radius 3 is 2.95 bits per heavy atom. The summed E-state index contributed by atoms with van der Waals surface area (Å²) in [6.07, 6.45) is 3.29. The molecule has 0 aliphatic carbocycles. The molecule has 0 aromatic carbocycles. The molecule has 2 unspecified atom stereocenters. The molecule has 5 nitrogen and oxygen atoms in total. The van der Waals surface area contributed by atoms with Gasteiger partial charge in [0, 0.05) is 25.4 Å². The number of hydrogen-bond acceptors (Lipinski definition) is 3. The SMILES string of the molecule is CCC1NC(=O)CCN(C(C)Cc2ccco2)C1=O. The second-order valence-corrected chi connectivity index (χ2v) is 4.94. The van der Waals surface area contributed by atoms with Gasteiger partial charge < -0.3 is 14.6 Å². The molecular weight excluding hydrogens is 244 g/mol. The molecule has 0 radical (unpaired) electrons. The molecule has 0 spiro atoms. The Labute approximate surface area is 113 Å². The van der Waals surface area contributed by atoms with E-state index in [1.165, 1.54) is 0 Å². The number of amides is 2. The number of carbonyl (C=O) groups excluding carboxylic acids is 2. The normalized spacial score (nSPS) is 22.0. The summed E-state index contributed by atoms with van der Waals surface area (Å²) < 4.78 is 5.32. The van der Waals surface area contributed by atoms with Crippen molar-refractivity contribution in [3.05, 3.63) is 24.2 Å². The van der Waals surface area contributed by atoms with Crippen LogP contribution in [-0.4, -0.2) is 35.3 Å². The second kappa shape index (κ2) is 5.91. The van der Waals surface area contributed by atoms with Gasteiger partial charge in [-0.1, -0.05) is 6.92 Å². The zero-order valence-corrected chi connectivity index (χ0v) is 11.4. The lowest BCUT2D eigenvalue weighted by Gasteiger charge is -2.29. The van der Waals surface area contributed by atoms with E-state index in [1.807, 2.05) is 26.0 Å². The van der Waals surface area contributed by atoms with Crippen LogP contribution in [0.15, 0.2) is 22.8 Å². The molecule has 19 heavy (non-hydrogen) atoms. The van der Waals surface area contributed by atoms with E-state index in [2.05, 4.69) is 5.32 Å². The van der Waals surface area contributed by atoms with Crippen molar-refractivity contribution in [2.24, 2.45) is 0 Å². The quantitative estimate of drug-likeness (QED) is 0.892. The highest BCUT2D eigenvalue weighted by molar-refractivity contribution is 5.90. The predicted octanol–water partition coefficient (Wildman–Crippen LogP) is 1.34. The molecule has 1 aliphatic rings. The predicted molar refractivity (Wildman–Crippen MR) is 70.4 cm³/mol. The van der Waals surface area contributed by atoms with Crippen molar-refractivity contribution in [3.8, 4) is 0 Å². The highest BCUT2D eigenvalue weighted by Gasteiger charge is 2.31. The van der Waals surface area contributed by atoms with E-state index in [-0.39, 0.29) is 17.9 Å². The van der Waals surface area contributed by atoms with E-state index in [0.29, 0.717) is 25.8 Å². The van der Waals surface area contributed by atoms with E-state index >= 15 is 0 Å². The number of hydrogen-bond donors (Lipinski definition) is 1. The van der Waals surface area contributed by atoms with Gasteiger partial charge in [0.15, 0.2) is 0 Å². The van der Waals surface area contributed by atoms with Crippen LogP contribution >= 0.6 is 0 Å². The first kappa shape index (κ1) is 13.6. The maximum atomic E-state index is 12.4. The third-order valence-electron chi connectivity index (χ3n) is 3.51. The third-order valence-corrected chi connectivity index (χ3v) is 3.51. The summed E-state index contributed by atoms with van der Waals surface area (Å²) in [6, 6.07) is 3.38. The van der Waals surface area contributed by atoms with Crippen molar-refractivity contribution < 1.29 is 14.0 Å². The zero-order valence-electron chi connectivity index (χ0n) is 11.4. The number of carbonyl (C=O) groups is 2. The van der Waals surface area contributed by atoms with E-state index in [4.69, 9.17) is 4.42 Å². The van der Waals surface area contributed by atoms with Gasteiger partial charge in [-0.3, -0.25) is 9.59 Å². The maximum Gasteiger partial charge on any atom is 0.245 e. The second-order valence-electron chi connectivity index (χ2n) is 4.94. The minimum Gasteiger partial charge on any atom is -0.469 e. The zero-order chi connectivity index (χ0) is 13.8. The molecule has 0 bridgehead atoms. The van der Waals surface area contributed by atoms with Crippen molar-refractivity contribution in [3.63, 3.8) is 0 Å². The monoisotopic (exact) mass is 264 g/mol. The summed E-state index contributed by atoms with van der Waals surface area (Å²) >= 11 is 0. The Morgan fingerprint density at radius 2 is 2.32 bits per heavy atom. The van der Waals surface area contributed by atoms with Gasteiger partial charge in [0.05, 0.1) is 6.26 Å². The fraction of sp³-hybridized carbons (Fsp3) is 0.571. The summed E-state index contributed by atoms with van der Waals surface area (Å²) in [7, 11) is 0. The van der Waals surface area contributed by atoms with Crippen molar-refractivity contribution in [2.45, 2.75) is 45.2 Å². The van der Waals surface area contributed by atoms with Gasteiger partial charge in [-0.25, -0.2) is 0 Å². The molecule has 1 aromatic rings. The first-order valence-electron chi connectivity index (χ1n) is 6.74. The molecule has 1 fully saturated rings. The van der Waals surface area contributed by atoms with Crippen LogP contribution < -0.4 is 5.32 Å². The van der Waals surface area contributed by atoms with E-state index < -0.39 is 6.04 Å². The van der Waals surface area contributed by atoms with E-state index in [0.717, 1.165) is 5.76 Å². The Hall–Kier alpha value is -1.78. The number of nitrogens with one attached hydrogen (secondary N) is 1. The van der Waals surface area contributed by atoms with Crippen LogP contribution in [0.1, 0.15) is 32.4 Å². The fourth-order valence-corrected chi connectivity index (χ4v) is 2.40. The highest BCUT2D eigenvalue weighted by Crippen LogP contribution is 2.14. The van der Waals surface area contributed by atoms with Gasteiger partial charge in [-0.15, -0.1) is 0 Å². The minimum atomic E-state index is -0.394. The molecular formula is C14H20N2O3. The van der Waals surface area contributed by atoms with Crippen molar-refractivity contribution in [2.75, 3.05) is 6.54 Å². The first-order chi connectivity index (χ1) is 9.11.